The van der Waals surface area contributed by atoms with Crippen molar-refractivity contribution in [3.8, 4) is 0 Å². The molecule has 0 aromatic heterocycles. The standard InChI is InChI=1S/C11H22N2O2S/c1-11(4-3-5-16-11)8-13-10(14)6-9(7-12)15-2/h9H,3-8,12H2,1-2H3,(H,13,14). The van der Waals surface area contributed by atoms with Gasteiger partial charge in [0.2, 0.25) is 5.91 Å². The van der Waals surface area contributed by atoms with Gasteiger partial charge in [-0.1, -0.05) is 0 Å². The van der Waals surface area contributed by atoms with Crippen LogP contribution in [-0.4, -0.2) is 42.7 Å². The number of carbonyl (C=O) groups excluding carboxylic acids is 1. The second kappa shape index (κ2) is 6.47. The first kappa shape index (κ1) is 13.8. The molecule has 1 rings (SSSR count). The topological polar surface area (TPSA) is 64.3 Å². The van der Waals surface area contributed by atoms with E-state index in [1.54, 1.807) is 7.11 Å². The lowest BCUT2D eigenvalue weighted by Crippen LogP contribution is -2.39. The monoisotopic (exact) mass is 246 g/mol. The van der Waals surface area contributed by atoms with Gasteiger partial charge in [-0.2, -0.15) is 11.8 Å². The molecule has 2 atom stereocenters. The summed E-state index contributed by atoms with van der Waals surface area (Å²) in [5.74, 6) is 1.24. The smallest absolute Gasteiger partial charge is 0.222 e. The van der Waals surface area contributed by atoms with Crippen molar-refractivity contribution in [1.82, 2.24) is 5.32 Å². The van der Waals surface area contributed by atoms with Crippen LogP contribution in [0.5, 0.6) is 0 Å². The highest BCUT2D eigenvalue weighted by Gasteiger charge is 2.29. The van der Waals surface area contributed by atoms with Crippen LogP contribution in [0.4, 0.5) is 0 Å². The summed E-state index contributed by atoms with van der Waals surface area (Å²) in [4.78, 5) is 11.6. The van der Waals surface area contributed by atoms with Crippen molar-refractivity contribution < 1.29 is 9.53 Å². The second-order valence-corrected chi connectivity index (χ2v) is 6.16. The first-order valence-electron chi connectivity index (χ1n) is 5.73. The van der Waals surface area contributed by atoms with Crippen LogP contribution >= 0.6 is 11.8 Å². The lowest BCUT2D eigenvalue weighted by molar-refractivity contribution is -0.123. The molecule has 0 aromatic rings. The fourth-order valence-corrected chi connectivity index (χ4v) is 3.05. The van der Waals surface area contributed by atoms with Crippen LogP contribution in [0.2, 0.25) is 0 Å². The zero-order valence-electron chi connectivity index (χ0n) is 10.1. The van der Waals surface area contributed by atoms with Crippen molar-refractivity contribution in [3.05, 3.63) is 0 Å². The highest BCUT2D eigenvalue weighted by molar-refractivity contribution is 8.00. The van der Waals surface area contributed by atoms with E-state index >= 15 is 0 Å². The van der Waals surface area contributed by atoms with Crippen molar-refractivity contribution in [2.24, 2.45) is 5.73 Å². The molecule has 2 unspecified atom stereocenters. The average molecular weight is 246 g/mol. The Balaban J connectivity index is 2.24. The van der Waals surface area contributed by atoms with E-state index in [4.69, 9.17) is 10.5 Å². The normalized spacial score (nSPS) is 26.7. The molecule has 0 spiro atoms. The molecule has 0 bridgehead atoms. The predicted molar refractivity (Wildman–Crippen MR) is 67.6 cm³/mol. The average Bonchev–Trinajstić information content (AvgIpc) is 2.71. The summed E-state index contributed by atoms with van der Waals surface area (Å²) in [6, 6.07) is 0. The molecule has 94 valence electrons. The van der Waals surface area contributed by atoms with E-state index in [1.807, 2.05) is 11.8 Å². The van der Waals surface area contributed by atoms with Crippen molar-refractivity contribution in [2.75, 3.05) is 26.0 Å². The number of amides is 1. The second-order valence-electron chi connectivity index (χ2n) is 4.48. The van der Waals surface area contributed by atoms with Gasteiger partial charge in [-0.3, -0.25) is 4.79 Å². The first-order chi connectivity index (χ1) is 7.59. The third kappa shape index (κ3) is 4.31. The van der Waals surface area contributed by atoms with E-state index in [9.17, 15) is 4.79 Å². The Bertz CT molecular complexity index is 226. The molecule has 0 aliphatic carbocycles. The number of hydrogen-bond donors (Lipinski definition) is 2. The largest absolute Gasteiger partial charge is 0.380 e. The summed E-state index contributed by atoms with van der Waals surface area (Å²) in [5, 5.41) is 2.97. The van der Waals surface area contributed by atoms with Crippen LogP contribution < -0.4 is 11.1 Å². The van der Waals surface area contributed by atoms with Crippen LogP contribution in [0.15, 0.2) is 0 Å². The Hall–Kier alpha value is -0.260. The first-order valence-corrected chi connectivity index (χ1v) is 6.72. The van der Waals surface area contributed by atoms with Gasteiger partial charge >= 0.3 is 0 Å². The molecule has 1 amide bonds. The number of rotatable bonds is 6. The van der Waals surface area contributed by atoms with Gasteiger partial charge < -0.3 is 15.8 Å². The lowest BCUT2D eigenvalue weighted by atomic mass is 10.1. The molecule has 0 saturated carbocycles. The van der Waals surface area contributed by atoms with E-state index in [0.29, 0.717) is 13.0 Å². The number of carbonyl (C=O) groups is 1. The summed E-state index contributed by atoms with van der Waals surface area (Å²) in [5.41, 5.74) is 5.47. The Labute approximate surface area is 102 Å². The van der Waals surface area contributed by atoms with Crippen molar-refractivity contribution in [1.29, 1.82) is 0 Å². The maximum atomic E-state index is 11.6. The zero-order chi connectivity index (χ0) is 12.0. The number of nitrogens with one attached hydrogen (secondary N) is 1. The van der Waals surface area contributed by atoms with Gasteiger partial charge in [-0.15, -0.1) is 0 Å². The van der Waals surface area contributed by atoms with E-state index in [2.05, 4.69) is 12.2 Å². The SMILES string of the molecule is COC(CN)CC(=O)NCC1(C)CCCS1. The third-order valence-corrected chi connectivity index (χ3v) is 4.51. The molecule has 4 nitrogen and oxygen atoms in total. The Morgan fingerprint density at radius 2 is 2.44 bits per heavy atom. The number of methoxy groups -OCH3 is 1. The third-order valence-electron chi connectivity index (χ3n) is 2.97. The van der Waals surface area contributed by atoms with Crippen molar-refractivity contribution in [2.45, 2.75) is 37.0 Å². The molecular weight excluding hydrogens is 224 g/mol. The number of ether oxygens (including phenoxy) is 1. The summed E-state index contributed by atoms with van der Waals surface area (Å²) in [7, 11) is 1.58. The minimum absolute atomic E-state index is 0.0334. The van der Waals surface area contributed by atoms with E-state index in [1.165, 1.54) is 18.6 Å². The molecule has 5 heteroatoms. The summed E-state index contributed by atoms with van der Waals surface area (Å²) in [6.45, 7) is 3.34. The van der Waals surface area contributed by atoms with Gasteiger partial charge in [-0.25, -0.2) is 0 Å². The minimum atomic E-state index is -0.163. The summed E-state index contributed by atoms with van der Waals surface area (Å²) in [6.07, 6.45) is 2.63. The molecule has 1 aliphatic heterocycles. The predicted octanol–water partition coefficient (Wildman–Crippen LogP) is 0.752. The molecule has 3 N–H and O–H groups in total. The van der Waals surface area contributed by atoms with Gasteiger partial charge in [0, 0.05) is 24.9 Å². The molecule has 1 saturated heterocycles. The molecule has 0 aromatic carbocycles. The van der Waals surface area contributed by atoms with Gasteiger partial charge in [-0.05, 0) is 25.5 Å². The molecule has 1 fully saturated rings. The maximum absolute atomic E-state index is 11.6. The molecule has 16 heavy (non-hydrogen) atoms. The van der Waals surface area contributed by atoms with Gasteiger partial charge in [0.1, 0.15) is 0 Å². The van der Waals surface area contributed by atoms with Crippen LogP contribution in [0.25, 0.3) is 0 Å². The van der Waals surface area contributed by atoms with Gasteiger partial charge in [0.05, 0.1) is 12.5 Å². The van der Waals surface area contributed by atoms with Crippen LogP contribution in [-0.2, 0) is 9.53 Å². The fraction of sp³-hybridized carbons (Fsp3) is 0.909. The summed E-state index contributed by atoms with van der Waals surface area (Å²) >= 11 is 1.95. The Kier molecular flexibility index (Phi) is 5.58. The minimum Gasteiger partial charge on any atom is -0.380 e. The number of nitrogens with two attached hydrogens (primary N) is 1. The Morgan fingerprint density at radius 1 is 1.69 bits per heavy atom. The molecule has 0 radical (unpaired) electrons. The van der Waals surface area contributed by atoms with E-state index in [-0.39, 0.29) is 16.8 Å². The van der Waals surface area contributed by atoms with Crippen LogP contribution in [0.3, 0.4) is 0 Å². The van der Waals surface area contributed by atoms with Gasteiger partial charge in [0.15, 0.2) is 0 Å². The number of hydrogen-bond acceptors (Lipinski definition) is 4. The highest BCUT2D eigenvalue weighted by Crippen LogP contribution is 2.36. The summed E-state index contributed by atoms with van der Waals surface area (Å²) < 4.78 is 5.30. The molecule has 1 heterocycles. The van der Waals surface area contributed by atoms with Crippen molar-refractivity contribution >= 4 is 17.7 Å². The molecule has 1 aliphatic rings. The zero-order valence-corrected chi connectivity index (χ0v) is 10.9. The number of thioether (sulfide) groups is 1. The van der Waals surface area contributed by atoms with Crippen LogP contribution in [0, 0.1) is 0 Å². The van der Waals surface area contributed by atoms with Gasteiger partial charge in [0.25, 0.3) is 0 Å². The quantitative estimate of drug-likeness (QED) is 0.726. The van der Waals surface area contributed by atoms with E-state index in [0.717, 1.165) is 6.54 Å². The molecular formula is C11H22N2O2S. The van der Waals surface area contributed by atoms with Crippen molar-refractivity contribution in [3.63, 3.8) is 0 Å². The van der Waals surface area contributed by atoms with Crippen LogP contribution in [0.1, 0.15) is 26.2 Å². The maximum Gasteiger partial charge on any atom is 0.222 e. The van der Waals surface area contributed by atoms with E-state index < -0.39 is 0 Å². The lowest BCUT2D eigenvalue weighted by Gasteiger charge is -2.23. The Morgan fingerprint density at radius 3 is 2.94 bits per heavy atom. The highest BCUT2D eigenvalue weighted by atomic mass is 32.2. The fourth-order valence-electron chi connectivity index (χ4n) is 1.80.